The van der Waals surface area contributed by atoms with Gasteiger partial charge >= 0.3 is 0 Å². The van der Waals surface area contributed by atoms with Crippen molar-refractivity contribution in [3.63, 3.8) is 0 Å². The zero-order valence-electron chi connectivity index (χ0n) is 5.80. The molecule has 1 heterocycles. The third kappa shape index (κ3) is 1.77. The summed E-state index contributed by atoms with van der Waals surface area (Å²) in [5, 5.41) is 0. The standard InChI is InChI=1S/C7H4F2INO/c8-7(9)6-4(3-12)5(10)1-2-11-6/h1-3,7H. The molecular weight excluding hydrogens is 279 g/mol. The van der Waals surface area contributed by atoms with Crippen LogP contribution in [0.3, 0.4) is 0 Å². The quantitative estimate of drug-likeness (QED) is 0.616. The van der Waals surface area contributed by atoms with Gasteiger partial charge in [-0.05, 0) is 28.7 Å². The summed E-state index contributed by atoms with van der Waals surface area (Å²) in [5.41, 5.74) is -0.468. The fourth-order valence-electron chi connectivity index (χ4n) is 0.755. The van der Waals surface area contributed by atoms with E-state index >= 15 is 0 Å². The smallest absolute Gasteiger partial charge is 0.281 e. The SMILES string of the molecule is O=Cc1c(I)ccnc1C(F)F. The van der Waals surface area contributed by atoms with E-state index in [1.54, 1.807) is 0 Å². The van der Waals surface area contributed by atoms with E-state index in [2.05, 4.69) is 4.98 Å². The normalized spacial score (nSPS) is 10.3. The molecule has 5 heteroatoms. The van der Waals surface area contributed by atoms with Crippen LogP contribution in [-0.4, -0.2) is 11.3 Å². The molecule has 1 aromatic heterocycles. The Morgan fingerprint density at radius 1 is 1.58 bits per heavy atom. The minimum atomic E-state index is -2.69. The van der Waals surface area contributed by atoms with Crippen molar-refractivity contribution in [3.05, 3.63) is 27.1 Å². The molecule has 1 aromatic rings. The van der Waals surface area contributed by atoms with Crippen LogP contribution < -0.4 is 0 Å². The van der Waals surface area contributed by atoms with E-state index in [0.717, 1.165) is 0 Å². The van der Waals surface area contributed by atoms with Crippen molar-refractivity contribution in [3.8, 4) is 0 Å². The van der Waals surface area contributed by atoms with E-state index in [0.29, 0.717) is 9.86 Å². The largest absolute Gasteiger partial charge is 0.298 e. The molecule has 0 aliphatic rings. The van der Waals surface area contributed by atoms with Crippen molar-refractivity contribution >= 4 is 28.9 Å². The van der Waals surface area contributed by atoms with Crippen molar-refractivity contribution in [2.75, 3.05) is 0 Å². The highest BCUT2D eigenvalue weighted by atomic mass is 127. The molecule has 0 N–H and O–H groups in total. The molecule has 0 saturated carbocycles. The molecule has 0 bridgehead atoms. The van der Waals surface area contributed by atoms with Crippen molar-refractivity contribution in [1.29, 1.82) is 0 Å². The van der Waals surface area contributed by atoms with Gasteiger partial charge in [0, 0.05) is 9.77 Å². The second kappa shape index (κ2) is 3.88. The lowest BCUT2D eigenvalue weighted by molar-refractivity contribution is 0.110. The maximum absolute atomic E-state index is 12.2. The fourth-order valence-corrected chi connectivity index (χ4v) is 1.32. The number of nitrogens with zero attached hydrogens (tertiary/aromatic N) is 1. The Bertz CT molecular complexity index is 303. The van der Waals surface area contributed by atoms with Gasteiger partial charge in [-0.25, -0.2) is 8.78 Å². The minimum Gasteiger partial charge on any atom is -0.298 e. The summed E-state index contributed by atoms with van der Waals surface area (Å²) in [6, 6.07) is 1.51. The summed E-state index contributed by atoms with van der Waals surface area (Å²) in [5.74, 6) is 0. The predicted molar refractivity (Wildman–Crippen MR) is 47.3 cm³/mol. The molecule has 2 nitrogen and oxygen atoms in total. The van der Waals surface area contributed by atoms with Crippen LogP contribution >= 0.6 is 22.6 Å². The Hall–Kier alpha value is -0.590. The fraction of sp³-hybridized carbons (Fsp3) is 0.143. The average Bonchev–Trinajstić information content (AvgIpc) is 2.03. The van der Waals surface area contributed by atoms with E-state index in [4.69, 9.17) is 0 Å². The Balaban J connectivity index is 3.27. The number of carbonyl (C=O) groups excluding carboxylic acids is 1. The first-order valence-corrected chi connectivity index (χ1v) is 4.12. The zero-order valence-corrected chi connectivity index (χ0v) is 7.96. The topological polar surface area (TPSA) is 30.0 Å². The second-order valence-electron chi connectivity index (χ2n) is 2.01. The Morgan fingerprint density at radius 3 is 2.67 bits per heavy atom. The van der Waals surface area contributed by atoms with Crippen LogP contribution in [0.5, 0.6) is 0 Å². The van der Waals surface area contributed by atoms with Gasteiger partial charge in [-0.15, -0.1) is 0 Å². The lowest BCUT2D eigenvalue weighted by Gasteiger charge is -2.02. The molecule has 0 saturated heterocycles. The van der Waals surface area contributed by atoms with E-state index in [9.17, 15) is 13.6 Å². The van der Waals surface area contributed by atoms with Gasteiger partial charge in [-0.1, -0.05) is 0 Å². The van der Waals surface area contributed by atoms with Crippen LogP contribution in [-0.2, 0) is 0 Å². The molecule has 64 valence electrons. The first kappa shape index (κ1) is 9.50. The van der Waals surface area contributed by atoms with Crippen LogP contribution in [0.15, 0.2) is 12.3 Å². The van der Waals surface area contributed by atoms with Crippen molar-refractivity contribution in [2.45, 2.75) is 6.43 Å². The molecule has 1 rings (SSSR count). The number of pyridine rings is 1. The molecule has 0 fully saturated rings. The summed E-state index contributed by atoms with van der Waals surface area (Å²) in [4.78, 5) is 13.8. The number of alkyl halides is 2. The Kier molecular flexibility index (Phi) is 3.07. The summed E-state index contributed by atoms with van der Waals surface area (Å²) >= 11 is 1.81. The minimum absolute atomic E-state index is 0.0203. The molecule has 0 aliphatic heterocycles. The van der Waals surface area contributed by atoms with Crippen molar-refractivity contribution in [1.82, 2.24) is 4.98 Å². The van der Waals surface area contributed by atoms with Gasteiger partial charge in [0.2, 0.25) is 0 Å². The molecular formula is C7H4F2INO. The summed E-state index contributed by atoms with van der Waals surface area (Å²) in [7, 11) is 0. The predicted octanol–water partition coefficient (Wildman–Crippen LogP) is 2.44. The van der Waals surface area contributed by atoms with E-state index in [1.807, 2.05) is 22.6 Å². The molecule has 0 atom stereocenters. The van der Waals surface area contributed by atoms with E-state index in [1.165, 1.54) is 12.3 Å². The van der Waals surface area contributed by atoms with Crippen molar-refractivity contribution in [2.24, 2.45) is 0 Å². The Morgan fingerprint density at radius 2 is 2.25 bits per heavy atom. The lowest BCUT2D eigenvalue weighted by Crippen LogP contribution is -1.99. The second-order valence-corrected chi connectivity index (χ2v) is 3.17. The van der Waals surface area contributed by atoms with E-state index < -0.39 is 12.1 Å². The van der Waals surface area contributed by atoms with Crippen LogP contribution in [0, 0.1) is 3.57 Å². The summed E-state index contributed by atoms with van der Waals surface area (Å²) in [6.45, 7) is 0. The van der Waals surface area contributed by atoms with Crippen LogP contribution in [0.1, 0.15) is 22.5 Å². The number of aldehydes is 1. The highest BCUT2D eigenvalue weighted by Crippen LogP contribution is 2.22. The lowest BCUT2D eigenvalue weighted by atomic mass is 10.2. The van der Waals surface area contributed by atoms with Crippen LogP contribution in [0.4, 0.5) is 8.78 Å². The van der Waals surface area contributed by atoms with Gasteiger partial charge in [-0.2, -0.15) is 0 Å². The number of hydrogen-bond donors (Lipinski definition) is 0. The average molecular weight is 283 g/mol. The third-order valence-electron chi connectivity index (χ3n) is 1.29. The monoisotopic (exact) mass is 283 g/mol. The van der Waals surface area contributed by atoms with Gasteiger partial charge in [0.05, 0.1) is 5.56 Å². The van der Waals surface area contributed by atoms with Gasteiger partial charge < -0.3 is 0 Å². The number of hydrogen-bond acceptors (Lipinski definition) is 2. The summed E-state index contributed by atoms with van der Waals surface area (Å²) < 4.78 is 24.8. The van der Waals surface area contributed by atoms with Gasteiger partial charge in [0.1, 0.15) is 5.69 Å². The molecule has 0 aliphatic carbocycles. The molecule has 0 unspecified atom stereocenters. The van der Waals surface area contributed by atoms with Crippen LogP contribution in [0.2, 0.25) is 0 Å². The number of carbonyl (C=O) groups is 1. The Labute approximate surface area is 81.1 Å². The van der Waals surface area contributed by atoms with Crippen molar-refractivity contribution < 1.29 is 13.6 Å². The van der Waals surface area contributed by atoms with Gasteiger partial charge in [-0.3, -0.25) is 9.78 Å². The number of rotatable bonds is 2. The molecule has 12 heavy (non-hydrogen) atoms. The van der Waals surface area contributed by atoms with Crippen LogP contribution in [0.25, 0.3) is 0 Å². The molecule has 0 spiro atoms. The summed E-state index contributed by atoms with van der Waals surface area (Å²) in [6.07, 6.45) is -1.04. The van der Waals surface area contributed by atoms with Gasteiger partial charge in [0.25, 0.3) is 6.43 Å². The van der Waals surface area contributed by atoms with E-state index in [-0.39, 0.29) is 5.56 Å². The van der Waals surface area contributed by atoms with Gasteiger partial charge in [0.15, 0.2) is 6.29 Å². The highest BCUT2D eigenvalue weighted by Gasteiger charge is 2.15. The molecule has 0 radical (unpaired) electrons. The maximum Gasteiger partial charge on any atom is 0.281 e. The first-order chi connectivity index (χ1) is 5.66. The number of halogens is 3. The number of aromatic nitrogens is 1. The third-order valence-corrected chi connectivity index (χ3v) is 2.23. The molecule has 0 amide bonds. The zero-order chi connectivity index (χ0) is 9.14. The molecule has 0 aromatic carbocycles. The highest BCUT2D eigenvalue weighted by molar-refractivity contribution is 14.1. The first-order valence-electron chi connectivity index (χ1n) is 3.04. The maximum atomic E-state index is 12.2.